The van der Waals surface area contributed by atoms with Crippen molar-refractivity contribution in [2.75, 3.05) is 0 Å². The highest BCUT2D eigenvalue weighted by Gasteiger charge is 2.25. The van der Waals surface area contributed by atoms with Gasteiger partial charge in [-0.25, -0.2) is 15.0 Å². The molecule has 0 aliphatic carbocycles. The number of benzene rings is 7. The van der Waals surface area contributed by atoms with Crippen molar-refractivity contribution < 1.29 is 4.42 Å². The number of furan rings is 1. The fraction of sp³-hybridized carbons (Fsp3) is 0. The van der Waals surface area contributed by atoms with Crippen LogP contribution in [0.1, 0.15) is 0 Å². The molecule has 0 saturated carbocycles. The number of fused-ring (bicyclic) bond motifs is 6. The number of hydrogen-bond donors (Lipinski definition) is 0. The fourth-order valence-corrected chi connectivity index (χ4v) is 9.03. The van der Waals surface area contributed by atoms with Crippen molar-refractivity contribution in [2.45, 2.75) is 0 Å². The van der Waals surface area contributed by atoms with Gasteiger partial charge in [-0.05, 0) is 46.2 Å². The van der Waals surface area contributed by atoms with Crippen LogP contribution in [0.15, 0.2) is 126 Å². The van der Waals surface area contributed by atoms with Gasteiger partial charge in [-0.1, -0.05) is 130 Å². The van der Waals surface area contributed by atoms with Crippen molar-refractivity contribution in [3.05, 3.63) is 121 Å². The molecule has 0 atom stereocenters. The first-order chi connectivity index (χ1) is 28.1. The molecule has 0 aliphatic heterocycles. The lowest BCUT2D eigenvalue weighted by atomic mass is 9.63. The molecule has 0 bridgehead atoms. The molecule has 3 heterocycles. The number of aromatic nitrogens is 4. The highest BCUT2D eigenvalue weighted by atomic mass is 16.3. The first kappa shape index (κ1) is 36.0. The molecule has 0 radical (unpaired) electrons. The van der Waals surface area contributed by atoms with Crippen LogP contribution in [-0.4, -0.2) is 82.3 Å². The molecule has 3 aromatic heterocycles. The van der Waals surface area contributed by atoms with Gasteiger partial charge in [0.15, 0.2) is 17.5 Å². The maximum atomic E-state index is 6.77. The predicted octanol–water partition coefficient (Wildman–Crippen LogP) is -2.40. The van der Waals surface area contributed by atoms with Crippen LogP contribution in [-0.2, 0) is 0 Å². The van der Waals surface area contributed by atoms with Crippen LogP contribution >= 0.6 is 0 Å². The third-order valence-corrected chi connectivity index (χ3v) is 12.9. The van der Waals surface area contributed by atoms with Crippen molar-refractivity contribution in [1.82, 2.24) is 19.5 Å². The van der Waals surface area contributed by atoms with E-state index in [2.05, 4.69) is 152 Å². The zero-order valence-corrected chi connectivity index (χ0v) is 34.2. The fourth-order valence-electron chi connectivity index (χ4n) is 9.03. The summed E-state index contributed by atoms with van der Waals surface area (Å²) in [4.78, 5) is 15.1. The number of nitrogens with zero attached hydrogens (tertiary/aromatic N) is 4. The standard InChI is InChI=1S/C45H36B8N4O/c46-33-31-32-34(47)36(49)38(51)40(53)42(32)57(41(31)39(52)37(50)35(33)48)27-12-7-13-28-30(27)26-19-18-25(20-29(26)58-28)45-55-43(23-10-5-2-6-11-23)54-44(56-45)24-16-14-22(15-17-24)21-8-3-1-4-9-21/h1-20H,46-53H2. The minimum Gasteiger partial charge on any atom is -0.456 e. The second-order valence-corrected chi connectivity index (χ2v) is 15.9. The molecule has 5 nitrogen and oxygen atoms in total. The lowest BCUT2D eigenvalue weighted by molar-refractivity contribution is 0.669. The molecule has 0 spiro atoms. The van der Waals surface area contributed by atoms with E-state index in [-0.39, 0.29) is 0 Å². The molecule has 0 amide bonds. The van der Waals surface area contributed by atoms with Gasteiger partial charge in [0.05, 0.1) is 11.1 Å². The maximum absolute atomic E-state index is 6.77. The molecular formula is C45H36B8N4O. The Kier molecular flexibility index (Phi) is 8.49. The summed E-state index contributed by atoms with van der Waals surface area (Å²) in [5.41, 5.74) is 21.0. The van der Waals surface area contributed by atoms with Crippen molar-refractivity contribution in [3.63, 3.8) is 0 Å². The Bertz CT molecular complexity index is 3240. The van der Waals surface area contributed by atoms with E-state index in [1.54, 1.807) is 0 Å². The molecule has 13 heteroatoms. The summed E-state index contributed by atoms with van der Waals surface area (Å²) >= 11 is 0. The van der Waals surface area contributed by atoms with Gasteiger partial charge in [0.1, 0.15) is 73.9 Å². The Hall–Kier alpha value is -6.33. The van der Waals surface area contributed by atoms with Crippen LogP contribution in [0, 0.1) is 0 Å². The lowest BCUT2D eigenvalue weighted by Crippen LogP contribution is -2.49. The Balaban J connectivity index is 1.18. The summed E-state index contributed by atoms with van der Waals surface area (Å²) < 4.78 is 9.31. The van der Waals surface area contributed by atoms with Crippen molar-refractivity contribution in [3.8, 4) is 51.0 Å². The monoisotopic (exact) mass is 736 g/mol. The second kappa shape index (κ2) is 13.7. The van der Waals surface area contributed by atoms with Crippen molar-refractivity contribution >= 4 is 150 Å². The quantitative estimate of drug-likeness (QED) is 0.186. The Morgan fingerprint density at radius 3 is 1.38 bits per heavy atom. The van der Waals surface area contributed by atoms with Crippen LogP contribution in [0.4, 0.5) is 0 Å². The van der Waals surface area contributed by atoms with Gasteiger partial charge in [0.25, 0.3) is 0 Å². The Morgan fingerprint density at radius 2 is 0.810 bits per heavy atom. The minimum atomic E-state index is 0.592. The Labute approximate surface area is 345 Å². The third kappa shape index (κ3) is 5.47. The molecule has 10 aromatic rings. The molecule has 266 valence electrons. The number of rotatable bonds is 5. The Morgan fingerprint density at radius 1 is 0.362 bits per heavy atom. The van der Waals surface area contributed by atoms with E-state index in [0.717, 1.165) is 49.9 Å². The van der Waals surface area contributed by atoms with Crippen LogP contribution in [0.3, 0.4) is 0 Å². The van der Waals surface area contributed by atoms with E-state index in [1.165, 1.54) is 71.1 Å². The summed E-state index contributed by atoms with van der Waals surface area (Å²) in [7, 11) is 18.2. The van der Waals surface area contributed by atoms with E-state index in [1.807, 2.05) is 36.4 Å². The lowest BCUT2D eigenvalue weighted by Gasteiger charge is -2.17. The average Bonchev–Trinajstić information content (AvgIpc) is 3.83. The predicted molar refractivity (Wildman–Crippen MR) is 269 cm³/mol. The van der Waals surface area contributed by atoms with Gasteiger partial charge in [-0.2, -0.15) is 0 Å². The molecule has 0 aliphatic rings. The first-order valence-corrected chi connectivity index (χ1v) is 20.0. The van der Waals surface area contributed by atoms with E-state index in [0.29, 0.717) is 17.5 Å². The van der Waals surface area contributed by atoms with E-state index in [4.69, 9.17) is 19.4 Å². The minimum absolute atomic E-state index is 0.592. The van der Waals surface area contributed by atoms with Crippen LogP contribution < -0.4 is 43.7 Å². The summed E-state index contributed by atoms with van der Waals surface area (Å²) in [6, 6.07) is 41.8. The van der Waals surface area contributed by atoms with Gasteiger partial charge in [0, 0.05) is 33.1 Å². The SMILES string of the molecule is Bc1c(B)c(B)c2c(c1B)c1c(B)c(B)c(B)c(B)c1n2-c1cccc2oc3cc(-c4nc(-c5ccccc5)nc(-c5ccc(-c6ccccc6)cc5)n4)ccc3c12. The molecule has 0 fully saturated rings. The van der Waals surface area contributed by atoms with Gasteiger partial charge in [-0.15, -0.1) is 10.9 Å². The van der Waals surface area contributed by atoms with Crippen LogP contribution in [0.25, 0.3) is 94.7 Å². The molecular weight excluding hydrogens is 699 g/mol. The van der Waals surface area contributed by atoms with E-state index >= 15 is 0 Å². The van der Waals surface area contributed by atoms with Crippen molar-refractivity contribution in [1.29, 1.82) is 0 Å². The van der Waals surface area contributed by atoms with Gasteiger partial charge in [-0.3, -0.25) is 0 Å². The molecule has 0 saturated heterocycles. The van der Waals surface area contributed by atoms with E-state index in [9.17, 15) is 0 Å². The van der Waals surface area contributed by atoms with Gasteiger partial charge >= 0.3 is 0 Å². The summed E-state index contributed by atoms with van der Waals surface area (Å²) in [6.07, 6.45) is 0. The highest BCUT2D eigenvalue weighted by molar-refractivity contribution is 6.71. The normalized spacial score (nSPS) is 11.7. The average molecular weight is 735 g/mol. The topological polar surface area (TPSA) is 56.7 Å². The zero-order chi connectivity index (χ0) is 40.0. The second-order valence-electron chi connectivity index (χ2n) is 15.9. The summed E-state index contributed by atoms with van der Waals surface area (Å²) in [5, 5.41) is 4.84. The van der Waals surface area contributed by atoms with Gasteiger partial charge in [0.2, 0.25) is 0 Å². The highest BCUT2D eigenvalue weighted by Crippen LogP contribution is 2.38. The van der Waals surface area contributed by atoms with Crippen LogP contribution in [0.2, 0.25) is 0 Å². The van der Waals surface area contributed by atoms with Crippen LogP contribution in [0.5, 0.6) is 0 Å². The summed E-state index contributed by atoms with van der Waals surface area (Å²) in [5.74, 6) is 1.84. The first-order valence-electron chi connectivity index (χ1n) is 20.0. The molecule has 10 rings (SSSR count). The van der Waals surface area contributed by atoms with Crippen molar-refractivity contribution in [2.24, 2.45) is 0 Å². The molecule has 0 unspecified atom stereocenters. The molecule has 58 heavy (non-hydrogen) atoms. The third-order valence-electron chi connectivity index (χ3n) is 12.9. The maximum Gasteiger partial charge on any atom is 0.164 e. The molecule has 0 N–H and O–H groups in total. The van der Waals surface area contributed by atoms with E-state index < -0.39 is 0 Å². The number of hydrogen-bond acceptors (Lipinski definition) is 4. The zero-order valence-electron chi connectivity index (χ0n) is 34.2. The molecule has 7 aromatic carbocycles. The summed E-state index contributed by atoms with van der Waals surface area (Å²) in [6.45, 7) is 0. The smallest absolute Gasteiger partial charge is 0.164 e. The van der Waals surface area contributed by atoms with Gasteiger partial charge < -0.3 is 8.98 Å². The largest absolute Gasteiger partial charge is 0.456 e.